The maximum absolute atomic E-state index is 12.8. The van der Waals surface area contributed by atoms with Gasteiger partial charge in [0.15, 0.2) is 11.4 Å². The molecule has 0 aliphatic heterocycles. The average Bonchev–Trinajstić information content (AvgIpc) is 3.06. The molecule has 0 spiro atoms. The van der Waals surface area contributed by atoms with Gasteiger partial charge in [-0.15, -0.1) is 0 Å². The van der Waals surface area contributed by atoms with Crippen LogP contribution in [0.3, 0.4) is 0 Å². The minimum atomic E-state index is -0.0820. The molecule has 29 heavy (non-hydrogen) atoms. The van der Waals surface area contributed by atoms with Crippen molar-refractivity contribution in [1.29, 1.82) is 0 Å². The van der Waals surface area contributed by atoms with Gasteiger partial charge in [0.25, 0.3) is 0 Å². The van der Waals surface area contributed by atoms with Crippen LogP contribution in [-0.2, 0) is 6.42 Å². The van der Waals surface area contributed by atoms with Crippen LogP contribution in [0.1, 0.15) is 36.3 Å². The smallest absolute Gasteiger partial charge is 0.165 e. The zero-order valence-electron chi connectivity index (χ0n) is 16.3. The third-order valence-electron chi connectivity index (χ3n) is 5.44. The van der Waals surface area contributed by atoms with Crippen LogP contribution in [-0.4, -0.2) is 20.5 Å². The Balaban J connectivity index is 1.81. The lowest BCUT2D eigenvalue weighted by Crippen LogP contribution is -2.27. The van der Waals surface area contributed by atoms with E-state index in [0.29, 0.717) is 11.4 Å². The summed E-state index contributed by atoms with van der Waals surface area (Å²) >= 11 is 6.08. The lowest BCUT2D eigenvalue weighted by Gasteiger charge is -2.29. The molecule has 4 aromatic rings. The molecule has 0 bridgehead atoms. The molecule has 4 nitrogen and oxygen atoms in total. The first-order valence-corrected chi connectivity index (χ1v) is 10.1. The van der Waals surface area contributed by atoms with Gasteiger partial charge in [0.1, 0.15) is 5.69 Å². The Morgan fingerprint density at radius 3 is 2.45 bits per heavy atom. The van der Waals surface area contributed by atoms with Crippen molar-refractivity contribution in [2.45, 2.75) is 26.7 Å². The van der Waals surface area contributed by atoms with Crippen LogP contribution in [0.4, 0.5) is 0 Å². The second-order valence-corrected chi connectivity index (χ2v) is 8.83. The quantitative estimate of drug-likeness (QED) is 0.420. The van der Waals surface area contributed by atoms with Gasteiger partial charge in [-0.05, 0) is 42.2 Å². The molecule has 5 rings (SSSR count). The number of benzene rings is 2. The maximum atomic E-state index is 12.8. The predicted molar refractivity (Wildman–Crippen MR) is 116 cm³/mol. The summed E-state index contributed by atoms with van der Waals surface area (Å²) in [7, 11) is 0. The molecule has 0 N–H and O–H groups in total. The predicted octanol–water partition coefficient (Wildman–Crippen LogP) is 5.90. The standard InChI is InChI=1S/C24H20ClN3O/c1-24(2)13-20-18(21(29)14-24)12-19-22(15-8-10-16(25)11-9-15)27-28(23(19)26-20)17-6-4-3-5-7-17/h3-12H,13-14H2,1-2H3. The maximum Gasteiger partial charge on any atom is 0.165 e. The van der Waals surface area contributed by atoms with Crippen molar-refractivity contribution in [1.82, 2.24) is 14.8 Å². The topological polar surface area (TPSA) is 47.8 Å². The Morgan fingerprint density at radius 2 is 1.72 bits per heavy atom. The first kappa shape index (κ1) is 18.1. The summed E-state index contributed by atoms with van der Waals surface area (Å²) in [6, 6.07) is 19.5. The van der Waals surface area contributed by atoms with Crippen molar-refractivity contribution in [3.63, 3.8) is 0 Å². The number of hydrogen-bond acceptors (Lipinski definition) is 3. The van der Waals surface area contributed by atoms with Gasteiger partial charge in [0, 0.05) is 28.0 Å². The van der Waals surface area contributed by atoms with Gasteiger partial charge >= 0.3 is 0 Å². The highest BCUT2D eigenvalue weighted by atomic mass is 35.5. The summed E-state index contributed by atoms with van der Waals surface area (Å²) < 4.78 is 1.87. The van der Waals surface area contributed by atoms with Crippen LogP contribution < -0.4 is 0 Å². The van der Waals surface area contributed by atoms with Gasteiger partial charge in [-0.25, -0.2) is 9.67 Å². The minimum Gasteiger partial charge on any atom is -0.294 e. The molecule has 0 fully saturated rings. The van der Waals surface area contributed by atoms with Crippen LogP contribution >= 0.6 is 11.6 Å². The molecule has 2 aromatic carbocycles. The number of ketones is 1. The van der Waals surface area contributed by atoms with Crippen molar-refractivity contribution in [2.75, 3.05) is 0 Å². The molecule has 1 aliphatic carbocycles. The number of para-hydroxylation sites is 1. The fourth-order valence-electron chi connectivity index (χ4n) is 4.07. The molecule has 144 valence electrons. The highest BCUT2D eigenvalue weighted by Crippen LogP contribution is 2.37. The van der Waals surface area contributed by atoms with Crippen LogP contribution in [0.2, 0.25) is 5.02 Å². The van der Waals surface area contributed by atoms with E-state index in [0.717, 1.165) is 45.7 Å². The summed E-state index contributed by atoms with van der Waals surface area (Å²) in [4.78, 5) is 17.8. The van der Waals surface area contributed by atoms with E-state index < -0.39 is 0 Å². The van der Waals surface area contributed by atoms with E-state index in [4.69, 9.17) is 21.7 Å². The van der Waals surface area contributed by atoms with E-state index >= 15 is 0 Å². The summed E-state index contributed by atoms with van der Waals surface area (Å²) in [5, 5.41) is 6.44. The van der Waals surface area contributed by atoms with Gasteiger partial charge in [-0.3, -0.25) is 4.79 Å². The number of Topliss-reactive ketones (excluding diaryl/α,β-unsaturated/α-hetero) is 1. The third-order valence-corrected chi connectivity index (χ3v) is 5.69. The molecule has 0 saturated carbocycles. The molecular formula is C24H20ClN3O. The number of nitrogens with zero attached hydrogens (tertiary/aromatic N) is 3. The highest BCUT2D eigenvalue weighted by molar-refractivity contribution is 6.30. The Kier molecular flexibility index (Phi) is 4.07. The highest BCUT2D eigenvalue weighted by Gasteiger charge is 2.33. The normalized spacial score (nSPS) is 15.5. The van der Waals surface area contributed by atoms with Gasteiger partial charge in [0.2, 0.25) is 0 Å². The van der Waals surface area contributed by atoms with Crippen LogP contribution in [0.5, 0.6) is 0 Å². The van der Waals surface area contributed by atoms with Crippen molar-refractivity contribution < 1.29 is 4.79 Å². The van der Waals surface area contributed by atoms with Crippen molar-refractivity contribution in [2.24, 2.45) is 5.41 Å². The molecule has 0 saturated heterocycles. The lowest BCUT2D eigenvalue weighted by molar-refractivity contribution is 0.0910. The number of aromatic nitrogens is 3. The van der Waals surface area contributed by atoms with Crippen LogP contribution in [0, 0.1) is 5.41 Å². The van der Waals surface area contributed by atoms with Gasteiger partial charge in [0.05, 0.1) is 11.4 Å². The summed E-state index contributed by atoms with van der Waals surface area (Å²) in [6.07, 6.45) is 1.32. The van der Waals surface area contributed by atoms with Gasteiger partial charge in [-0.1, -0.05) is 55.8 Å². The van der Waals surface area contributed by atoms with E-state index in [-0.39, 0.29) is 11.2 Å². The number of rotatable bonds is 2. The molecule has 2 heterocycles. The molecule has 1 aliphatic rings. The van der Waals surface area contributed by atoms with Crippen molar-refractivity contribution >= 4 is 28.4 Å². The van der Waals surface area contributed by atoms with E-state index in [2.05, 4.69) is 13.8 Å². The van der Waals surface area contributed by atoms with Crippen molar-refractivity contribution in [3.05, 3.63) is 76.9 Å². The molecular weight excluding hydrogens is 382 g/mol. The van der Waals surface area contributed by atoms with E-state index in [1.165, 1.54) is 0 Å². The monoisotopic (exact) mass is 401 g/mol. The first-order valence-electron chi connectivity index (χ1n) is 9.68. The Bertz CT molecular complexity index is 1240. The molecule has 0 radical (unpaired) electrons. The SMILES string of the molecule is CC1(C)CC(=O)c2cc3c(-c4ccc(Cl)cc4)nn(-c4ccccc4)c3nc2C1. The zero-order chi connectivity index (χ0) is 20.2. The fourth-order valence-corrected chi connectivity index (χ4v) is 4.20. The summed E-state index contributed by atoms with van der Waals surface area (Å²) in [5.74, 6) is 0.153. The first-order chi connectivity index (χ1) is 13.9. The summed E-state index contributed by atoms with van der Waals surface area (Å²) in [5.41, 5.74) is 4.95. The third kappa shape index (κ3) is 3.14. The number of pyridine rings is 1. The molecule has 2 aromatic heterocycles. The molecule has 0 atom stereocenters. The second-order valence-electron chi connectivity index (χ2n) is 8.40. The molecule has 0 unspecified atom stereocenters. The number of carbonyl (C=O) groups is 1. The molecule has 0 amide bonds. The van der Waals surface area contributed by atoms with E-state index in [9.17, 15) is 4.79 Å². The van der Waals surface area contributed by atoms with Crippen LogP contribution in [0.15, 0.2) is 60.7 Å². The largest absolute Gasteiger partial charge is 0.294 e. The van der Waals surface area contributed by atoms with Crippen LogP contribution in [0.25, 0.3) is 28.0 Å². The average molecular weight is 402 g/mol. The fraction of sp³-hybridized carbons (Fsp3) is 0.208. The van der Waals surface area contributed by atoms with Crippen molar-refractivity contribution in [3.8, 4) is 16.9 Å². The summed E-state index contributed by atoms with van der Waals surface area (Å²) in [6.45, 7) is 4.24. The van der Waals surface area contributed by atoms with E-state index in [1.54, 1.807) is 0 Å². The zero-order valence-corrected chi connectivity index (χ0v) is 17.1. The Morgan fingerprint density at radius 1 is 1.00 bits per heavy atom. The van der Waals surface area contributed by atoms with Gasteiger partial charge in [-0.2, -0.15) is 5.10 Å². The van der Waals surface area contributed by atoms with E-state index in [1.807, 2.05) is 65.3 Å². The molecule has 5 heteroatoms. The second kappa shape index (κ2) is 6.53. The van der Waals surface area contributed by atoms with Gasteiger partial charge < -0.3 is 0 Å². The lowest BCUT2D eigenvalue weighted by atomic mass is 9.75. The number of halogens is 1. The number of carbonyl (C=O) groups excluding carboxylic acids is 1. The number of fused-ring (bicyclic) bond motifs is 2. The minimum absolute atomic E-state index is 0.0820. The number of hydrogen-bond donors (Lipinski definition) is 0. The Labute approximate surface area is 174 Å². The Hall–Kier alpha value is -2.98.